The van der Waals surface area contributed by atoms with Crippen molar-refractivity contribution in [3.63, 3.8) is 0 Å². The Morgan fingerprint density at radius 2 is 2.41 bits per heavy atom. The number of benzene rings is 1. The van der Waals surface area contributed by atoms with Crippen LogP contribution in [-0.4, -0.2) is 30.6 Å². The van der Waals surface area contributed by atoms with Gasteiger partial charge in [0.15, 0.2) is 0 Å². The van der Waals surface area contributed by atoms with Gasteiger partial charge in [-0.1, -0.05) is 17.7 Å². The van der Waals surface area contributed by atoms with E-state index in [0.29, 0.717) is 13.1 Å². The highest BCUT2D eigenvalue weighted by molar-refractivity contribution is 6.30. The molecule has 90 valence electrons. The summed E-state index contributed by atoms with van der Waals surface area (Å²) in [5.74, 6) is -0.410. The van der Waals surface area contributed by atoms with Crippen molar-refractivity contribution in [3.8, 4) is 6.07 Å². The first-order valence-electron chi connectivity index (χ1n) is 5.49. The van der Waals surface area contributed by atoms with Crippen molar-refractivity contribution < 1.29 is 4.39 Å². The predicted molar refractivity (Wildman–Crippen MR) is 64.1 cm³/mol. The molecule has 1 unspecified atom stereocenters. The fraction of sp³-hybridized carbons (Fsp3) is 0.417. The lowest BCUT2D eigenvalue weighted by Gasteiger charge is -2.31. The first-order chi connectivity index (χ1) is 8.20. The van der Waals surface area contributed by atoms with Gasteiger partial charge in [-0.05, 0) is 17.7 Å². The fourth-order valence-electron chi connectivity index (χ4n) is 1.94. The number of nitrogens with one attached hydrogen (secondary N) is 1. The number of hydrogen-bond donors (Lipinski definition) is 1. The predicted octanol–water partition coefficient (Wildman–Crippen LogP) is 1.78. The third-order valence-electron chi connectivity index (χ3n) is 2.87. The Bertz CT molecular complexity index is 444. The molecule has 5 heteroatoms. The maximum atomic E-state index is 13.0. The largest absolute Gasteiger partial charge is 0.313 e. The fourth-order valence-corrected chi connectivity index (χ4v) is 2.14. The van der Waals surface area contributed by atoms with Gasteiger partial charge in [0.1, 0.15) is 11.9 Å². The highest BCUT2D eigenvalue weighted by Crippen LogP contribution is 2.18. The molecule has 0 aliphatic carbocycles. The number of nitriles is 1. The van der Waals surface area contributed by atoms with Gasteiger partial charge in [0, 0.05) is 26.2 Å². The van der Waals surface area contributed by atoms with Gasteiger partial charge in [-0.2, -0.15) is 5.26 Å². The quantitative estimate of drug-likeness (QED) is 0.873. The SMILES string of the molecule is N#CC1CNCCN1Cc1ccc(F)c(Cl)c1. The van der Waals surface area contributed by atoms with Crippen LogP contribution in [0.3, 0.4) is 0 Å². The lowest BCUT2D eigenvalue weighted by atomic mass is 10.1. The van der Waals surface area contributed by atoms with Crippen LogP contribution in [0.4, 0.5) is 4.39 Å². The molecule has 0 amide bonds. The number of halogens is 2. The van der Waals surface area contributed by atoms with E-state index in [0.717, 1.165) is 18.7 Å². The van der Waals surface area contributed by atoms with Gasteiger partial charge in [0.25, 0.3) is 0 Å². The summed E-state index contributed by atoms with van der Waals surface area (Å²) in [6.45, 7) is 2.98. The molecule has 0 saturated carbocycles. The number of piperazine rings is 1. The van der Waals surface area contributed by atoms with Gasteiger partial charge in [-0.15, -0.1) is 0 Å². The van der Waals surface area contributed by atoms with Gasteiger partial charge < -0.3 is 5.32 Å². The third-order valence-corrected chi connectivity index (χ3v) is 3.16. The van der Waals surface area contributed by atoms with Crippen molar-refractivity contribution in [1.29, 1.82) is 5.26 Å². The molecule has 1 saturated heterocycles. The van der Waals surface area contributed by atoms with Crippen molar-refractivity contribution >= 4 is 11.6 Å². The summed E-state index contributed by atoms with van der Waals surface area (Å²) in [5, 5.41) is 12.3. The topological polar surface area (TPSA) is 39.1 Å². The van der Waals surface area contributed by atoms with Crippen LogP contribution in [0.25, 0.3) is 0 Å². The monoisotopic (exact) mass is 253 g/mol. The van der Waals surface area contributed by atoms with E-state index in [1.165, 1.54) is 6.07 Å². The molecule has 3 nitrogen and oxygen atoms in total. The van der Waals surface area contributed by atoms with Crippen molar-refractivity contribution in [2.45, 2.75) is 12.6 Å². The normalized spacial score (nSPS) is 21.1. The Kier molecular flexibility index (Phi) is 3.95. The van der Waals surface area contributed by atoms with Crippen LogP contribution in [0.1, 0.15) is 5.56 Å². The van der Waals surface area contributed by atoms with Crippen molar-refractivity contribution in [3.05, 3.63) is 34.6 Å². The average Bonchev–Trinajstić information content (AvgIpc) is 2.34. The second-order valence-electron chi connectivity index (χ2n) is 4.07. The Morgan fingerprint density at radius 3 is 3.12 bits per heavy atom. The highest BCUT2D eigenvalue weighted by Gasteiger charge is 2.21. The summed E-state index contributed by atoms with van der Waals surface area (Å²) in [7, 11) is 0. The molecule has 1 aromatic rings. The van der Waals surface area contributed by atoms with E-state index >= 15 is 0 Å². The van der Waals surface area contributed by atoms with Crippen molar-refractivity contribution in [1.82, 2.24) is 10.2 Å². The molecule has 1 aliphatic rings. The minimum atomic E-state index is -0.410. The molecule has 0 aromatic heterocycles. The lowest BCUT2D eigenvalue weighted by molar-refractivity contribution is 0.189. The molecule has 1 heterocycles. The molecular weight excluding hydrogens is 241 g/mol. The first kappa shape index (κ1) is 12.3. The van der Waals surface area contributed by atoms with Crippen LogP contribution >= 0.6 is 11.6 Å². The zero-order valence-electron chi connectivity index (χ0n) is 9.29. The molecule has 0 spiro atoms. The minimum absolute atomic E-state index is 0.131. The first-order valence-corrected chi connectivity index (χ1v) is 5.87. The minimum Gasteiger partial charge on any atom is -0.313 e. The summed E-state index contributed by atoms with van der Waals surface area (Å²) >= 11 is 5.73. The zero-order valence-corrected chi connectivity index (χ0v) is 10.0. The van der Waals surface area contributed by atoms with E-state index in [4.69, 9.17) is 16.9 Å². The molecule has 1 fully saturated rings. The summed E-state index contributed by atoms with van der Waals surface area (Å²) in [4.78, 5) is 2.07. The standard InChI is InChI=1S/C12H13ClFN3/c13-11-5-9(1-2-12(11)14)8-17-4-3-16-7-10(17)6-15/h1-2,5,10,16H,3-4,7-8H2. The summed E-state index contributed by atoms with van der Waals surface area (Å²) in [5.41, 5.74) is 0.929. The third kappa shape index (κ3) is 2.95. The van der Waals surface area contributed by atoms with E-state index in [2.05, 4.69) is 16.3 Å². The number of hydrogen-bond acceptors (Lipinski definition) is 3. The van der Waals surface area contributed by atoms with Gasteiger partial charge >= 0.3 is 0 Å². The lowest BCUT2D eigenvalue weighted by Crippen LogP contribution is -2.49. The van der Waals surface area contributed by atoms with Crippen LogP contribution in [0.15, 0.2) is 18.2 Å². The molecular formula is C12H13ClFN3. The Labute approximate surface area is 105 Å². The molecule has 1 aromatic carbocycles. The van der Waals surface area contributed by atoms with Gasteiger partial charge in [0.2, 0.25) is 0 Å². The molecule has 1 aliphatic heterocycles. The van der Waals surface area contributed by atoms with Crippen LogP contribution in [0, 0.1) is 17.1 Å². The van der Waals surface area contributed by atoms with Gasteiger partial charge in [-0.3, -0.25) is 4.90 Å². The van der Waals surface area contributed by atoms with Crippen LogP contribution in [0.5, 0.6) is 0 Å². The van der Waals surface area contributed by atoms with Crippen LogP contribution < -0.4 is 5.32 Å². The molecule has 17 heavy (non-hydrogen) atoms. The smallest absolute Gasteiger partial charge is 0.141 e. The Hall–Kier alpha value is -1.15. The van der Waals surface area contributed by atoms with Crippen molar-refractivity contribution in [2.24, 2.45) is 0 Å². The Morgan fingerprint density at radius 1 is 1.59 bits per heavy atom. The van der Waals surface area contributed by atoms with E-state index in [-0.39, 0.29) is 11.1 Å². The van der Waals surface area contributed by atoms with Crippen molar-refractivity contribution in [2.75, 3.05) is 19.6 Å². The number of rotatable bonds is 2. The molecule has 1 atom stereocenters. The van der Waals surface area contributed by atoms with E-state index in [9.17, 15) is 4.39 Å². The maximum Gasteiger partial charge on any atom is 0.141 e. The van der Waals surface area contributed by atoms with Crippen LogP contribution in [0.2, 0.25) is 5.02 Å². The number of nitrogens with zero attached hydrogens (tertiary/aromatic N) is 2. The summed E-state index contributed by atoms with van der Waals surface area (Å²) < 4.78 is 13.0. The maximum absolute atomic E-state index is 13.0. The van der Waals surface area contributed by atoms with Gasteiger partial charge in [0.05, 0.1) is 11.1 Å². The van der Waals surface area contributed by atoms with E-state index in [1.807, 2.05) is 0 Å². The van der Waals surface area contributed by atoms with E-state index in [1.54, 1.807) is 12.1 Å². The Balaban J connectivity index is 2.09. The second kappa shape index (κ2) is 5.46. The summed E-state index contributed by atoms with van der Waals surface area (Å²) in [6.07, 6.45) is 0. The van der Waals surface area contributed by atoms with E-state index < -0.39 is 5.82 Å². The molecule has 1 N–H and O–H groups in total. The average molecular weight is 254 g/mol. The van der Waals surface area contributed by atoms with Crippen LogP contribution in [-0.2, 0) is 6.54 Å². The summed E-state index contributed by atoms with van der Waals surface area (Å²) in [6, 6.07) is 6.81. The molecule has 2 rings (SSSR count). The second-order valence-corrected chi connectivity index (χ2v) is 4.48. The molecule has 0 radical (unpaired) electrons. The highest BCUT2D eigenvalue weighted by atomic mass is 35.5. The molecule has 0 bridgehead atoms. The zero-order chi connectivity index (χ0) is 12.3. The van der Waals surface area contributed by atoms with Gasteiger partial charge in [-0.25, -0.2) is 4.39 Å².